The molecule has 6 nitrogen and oxygen atoms in total. The molecule has 2 bridgehead atoms. The summed E-state index contributed by atoms with van der Waals surface area (Å²) >= 11 is 1.65. The van der Waals surface area contributed by atoms with E-state index in [1.54, 1.807) is 24.2 Å². The molecule has 3 aliphatic rings. The second-order valence-corrected chi connectivity index (χ2v) is 9.21. The van der Waals surface area contributed by atoms with Crippen molar-refractivity contribution in [2.75, 3.05) is 18.4 Å². The number of carboxylic acids is 1. The lowest BCUT2D eigenvalue weighted by Crippen LogP contribution is -2.48. The Morgan fingerprint density at radius 1 is 1.21 bits per heavy atom. The van der Waals surface area contributed by atoms with Crippen LogP contribution in [0.25, 0.3) is 0 Å². The molecule has 2 aliphatic heterocycles. The molecule has 1 aliphatic carbocycles. The van der Waals surface area contributed by atoms with Crippen molar-refractivity contribution in [2.45, 2.75) is 42.1 Å². The lowest BCUT2D eigenvalue weighted by Gasteiger charge is -2.47. The molecule has 5 rings (SSSR count). The van der Waals surface area contributed by atoms with Gasteiger partial charge in [0.15, 0.2) is 5.82 Å². The highest BCUT2D eigenvalue weighted by Crippen LogP contribution is 2.44. The Morgan fingerprint density at radius 3 is 2.72 bits per heavy atom. The summed E-state index contributed by atoms with van der Waals surface area (Å²) < 4.78 is 0. The first-order valence-electron chi connectivity index (χ1n) is 9.98. The van der Waals surface area contributed by atoms with E-state index >= 15 is 0 Å². The fraction of sp³-hybridized carbons (Fsp3) is 0.476. The van der Waals surface area contributed by atoms with Gasteiger partial charge in [-0.1, -0.05) is 24.2 Å². The molecular formula is C21H25ClN4O2S. The second-order valence-electron chi connectivity index (χ2n) is 8.17. The molecule has 1 saturated carbocycles. The van der Waals surface area contributed by atoms with Crippen LogP contribution in [0.2, 0.25) is 0 Å². The summed E-state index contributed by atoms with van der Waals surface area (Å²) in [6.45, 7) is 2.95. The molecule has 0 spiro atoms. The van der Waals surface area contributed by atoms with E-state index in [0.29, 0.717) is 24.2 Å². The lowest BCUT2D eigenvalue weighted by atomic mass is 9.67. The number of hydrogen-bond donors (Lipinski definition) is 2. The maximum atomic E-state index is 11.3. The summed E-state index contributed by atoms with van der Waals surface area (Å²) in [5, 5.41) is 13.6. The fourth-order valence-electron chi connectivity index (χ4n) is 5.15. The minimum absolute atomic E-state index is 0. The number of carboxylic acid groups (broad SMARTS) is 1. The maximum Gasteiger partial charge on any atom is 0.303 e. The topological polar surface area (TPSA) is 78.4 Å². The number of fused-ring (bicyclic) bond motifs is 4. The highest BCUT2D eigenvalue weighted by Gasteiger charge is 2.40. The molecule has 2 aromatic rings. The smallest absolute Gasteiger partial charge is 0.303 e. The number of aromatic nitrogens is 2. The predicted octanol–water partition coefficient (Wildman–Crippen LogP) is 4.43. The van der Waals surface area contributed by atoms with Crippen LogP contribution in [-0.4, -0.2) is 39.0 Å². The van der Waals surface area contributed by atoms with Crippen LogP contribution in [0.5, 0.6) is 0 Å². The number of nitrogens with one attached hydrogen (secondary N) is 1. The van der Waals surface area contributed by atoms with Gasteiger partial charge < -0.3 is 10.4 Å². The zero-order chi connectivity index (χ0) is 19.1. The standard InChI is InChI=1S/C21H24N4O2S.ClH/c26-19(27)9-16-14-2-1-3-15(16)12-25(11-14)10-13-4-5-18-17(8-13)24-20-21(28-18)23-7-6-22-20;/h4-8,14-16H,1-3,9-12H2,(H,22,24)(H,26,27);1H. The van der Waals surface area contributed by atoms with Crippen molar-refractivity contribution in [3.8, 4) is 0 Å². The molecule has 8 heteroatoms. The van der Waals surface area contributed by atoms with Gasteiger partial charge in [-0.05, 0) is 48.3 Å². The van der Waals surface area contributed by atoms with Crippen molar-refractivity contribution in [2.24, 2.45) is 17.8 Å². The van der Waals surface area contributed by atoms with E-state index in [2.05, 4.69) is 38.4 Å². The summed E-state index contributed by atoms with van der Waals surface area (Å²) in [7, 11) is 0. The molecule has 1 aromatic heterocycles. The molecule has 2 fully saturated rings. The molecule has 2 atom stereocenters. The van der Waals surface area contributed by atoms with E-state index in [9.17, 15) is 9.90 Å². The van der Waals surface area contributed by atoms with Crippen LogP contribution < -0.4 is 5.32 Å². The van der Waals surface area contributed by atoms with E-state index < -0.39 is 5.97 Å². The van der Waals surface area contributed by atoms with E-state index in [1.165, 1.54) is 29.7 Å². The van der Waals surface area contributed by atoms with E-state index in [0.717, 1.165) is 36.2 Å². The summed E-state index contributed by atoms with van der Waals surface area (Å²) in [6.07, 6.45) is 7.36. The van der Waals surface area contributed by atoms with Gasteiger partial charge >= 0.3 is 5.97 Å². The normalized spacial score (nSPS) is 25.2. The van der Waals surface area contributed by atoms with Crippen molar-refractivity contribution in [1.29, 1.82) is 0 Å². The van der Waals surface area contributed by atoms with Gasteiger partial charge in [0.2, 0.25) is 0 Å². The number of benzene rings is 1. The minimum Gasteiger partial charge on any atom is -0.481 e. The monoisotopic (exact) mass is 432 g/mol. The third-order valence-electron chi connectivity index (χ3n) is 6.33. The number of halogens is 1. The Morgan fingerprint density at radius 2 is 1.97 bits per heavy atom. The molecule has 2 N–H and O–H groups in total. The van der Waals surface area contributed by atoms with Crippen molar-refractivity contribution < 1.29 is 9.90 Å². The fourth-order valence-corrected chi connectivity index (χ4v) is 6.03. The molecule has 3 heterocycles. The summed E-state index contributed by atoms with van der Waals surface area (Å²) in [5.41, 5.74) is 2.38. The molecule has 0 amide bonds. The zero-order valence-electron chi connectivity index (χ0n) is 16.1. The average Bonchev–Trinajstić information content (AvgIpc) is 2.66. The SMILES string of the molecule is Cl.O=C(O)CC1C2CCCC1CN(Cc1ccc3c(c1)Nc1nccnc1S3)C2. The third-order valence-corrected chi connectivity index (χ3v) is 7.40. The number of anilines is 2. The second kappa shape index (κ2) is 8.50. The lowest BCUT2D eigenvalue weighted by molar-refractivity contribution is -0.140. The predicted molar refractivity (Wildman–Crippen MR) is 115 cm³/mol. The van der Waals surface area contributed by atoms with Crippen LogP contribution in [0.1, 0.15) is 31.2 Å². The Kier molecular flexibility index (Phi) is 5.99. The molecule has 0 radical (unpaired) electrons. The molecule has 29 heavy (non-hydrogen) atoms. The van der Waals surface area contributed by atoms with Gasteiger partial charge in [0.1, 0.15) is 5.03 Å². The van der Waals surface area contributed by atoms with Crippen LogP contribution >= 0.6 is 24.2 Å². The van der Waals surface area contributed by atoms with Crippen molar-refractivity contribution >= 4 is 41.6 Å². The average molecular weight is 433 g/mol. The first-order chi connectivity index (χ1) is 13.7. The molecule has 1 saturated heterocycles. The Bertz CT molecular complexity index is 898. The van der Waals surface area contributed by atoms with Crippen LogP contribution in [0.15, 0.2) is 40.5 Å². The summed E-state index contributed by atoms with van der Waals surface area (Å²) in [5.74, 6) is 1.59. The summed E-state index contributed by atoms with van der Waals surface area (Å²) in [6, 6.07) is 6.59. The highest BCUT2D eigenvalue weighted by atomic mass is 35.5. The first kappa shape index (κ1) is 20.4. The number of hydrogen-bond acceptors (Lipinski definition) is 6. The Hall–Kier alpha value is -1.83. The number of piperidine rings is 1. The summed E-state index contributed by atoms with van der Waals surface area (Å²) in [4.78, 5) is 23.7. The number of rotatable bonds is 4. The third kappa shape index (κ3) is 4.22. The minimum atomic E-state index is -0.642. The van der Waals surface area contributed by atoms with Crippen molar-refractivity contribution in [1.82, 2.24) is 14.9 Å². The number of likely N-dealkylation sites (tertiary alicyclic amines) is 1. The van der Waals surface area contributed by atoms with E-state index in [1.807, 2.05) is 0 Å². The zero-order valence-corrected chi connectivity index (χ0v) is 17.7. The Balaban J connectivity index is 0.00000205. The van der Waals surface area contributed by atoms with Crippen molar-refractivity contribution in [3.05, 3.63) is 36.2 Å². The van der Waals surface area contributed by atoms with Gasteiger partial charge in [-0.15, -0.1) is 12.4 Å². The quantitative estimate of drug-likeness (QED) is 0.631. The molecule has 154 valence electrons. The number of aliphatic carboxylic acids is 1. The van der Waals surface area contributed by atoms with Crippen LogP contribution in [0, 0.1) is 17.8 Å². The maximum absolute atomic E-state index is 11.3. The molecule has 2 unspecified atom stereocenters. The van der Waals surface area contributed by atoms with E-state index in [-0.39, 0.29) is 12.4 Å². The van der Waals surface area contributed by atoms with Crippen LogP contribution in [-0.2, 0) is 11.3 Å². The van der Waals surface area contributed by atoms with Crippen LogP contribution in [0.3, 0.4) is 0 Å². The van der Waals surface area contributed by atoms with Crippen molar-refractivity contribution in [3.63, 3.8) is 0 Å². The van der Waals surface area contributed by atoms with Gasteiger partial charge in [-0.25, -0.2) is 9.97 Å². The highest BCUT2D eigenvalue weighted by molar-refractivity contribution is 7.99. The number of carbonyl (C=O) groups is 1. The Labute approximate surface area is 180 Å². The van der Waals surface area contributed by atoms with Gasteiger partial charge in [0.05, 0.1) is 5.69 Å². The molecular weight excluding hydrogens is 408 g/mol. The molecule has 1 aromatic carbocycles. The number of nitrogens with zero attached hydrogens (tertiary/aromatic N) is 3. The van der Waals surface area contributed by atoms with Gasteiger partial charge in [-0.3, -0.25) is 9.69 Å². The first-order valence-corrected chi connectivity index (χ1v) is 10.8. The van der Waals surface area contributed by atoms with E-state index in [4.69, 9.17) is 0 Å². The van der Waals surface area contributed by atoms with Gasteiger partial charge in [0.25, 0.3) is 0 Å². The van der Waals surface area contributed by atoms with Gasteiger partial charge in [-0.2, -0.15) is 0 Å². The largest absolute Gasteiger partial charge is 0.481 e. The van der Waals surface area contributed by atoms with Crippen LogP contribution in [0.4, 0.5) is 11.5 Å². The van der Waals surface area contributed by atoms with Gasteiger partial charge in [0, 0.05) is 43.3 Å².